The number of carbonyl (C=O) groups excluding carboxylic acids is 1. The summed E-state index contributed by atoms with van der Waals surface area (Å²) < 4.78 is 19.7. The minimum atomic E-state index is -0.488. The maximum Gasteiger partial charge on any atom is 0.266 e. The van der Waals surface area contributed by atoms with Gasteiger partial charge in [-0.15, -0.1) is 0 Å². The summed E-state index contributed by atoms with van der Waals surface area (Å²) >= 11 is 1.42. The highest BCUT2D eigenvalue weighted by molar-refractivity contribution is 7.22. The lowest BCUT2D eigenvalue weighted by atomic mass is 10.3. The number of carbonyl (C=O) groups is 1. The van der Waals surface area contributed by atoms with E-state index < -0.39 is 5.82 Å². The Morgan fingerprint density at radius 2 is 1.95 bits per heavy atom. The van der Waals surface area contributed by atoms with Gasteiger partial charge in [0.15, 0.2) is 23.3 Å². The standard InChI is InChI=1S/C16H13FN2O2S/c1-19(16-18-12-7-3-5-9-14(12)22-16)15(20)10-21-13-8-4-2-6-11(13)17/h2-9H,10H2,1H3. The van der Waals surface area contributed by atoms with E-state index in [4.69, 9.17) is 4.74 Å². The Morgan fingerprint density at radius 3 is 2.73 bits per heavy atom. The molecular formula is C16H13FN2O2S. The van der Waals surface area contributed by atoms with E-state index in [-0.39, 0.29) is 18.3 Å². The van der Waals surface area contributed by atoms with E-state index in [2.05, 4.69) is 4.98 Å². The van der Waals surface area contributed by atoms with Crippen LogP contribution in [0.25, 0.3) is 10.2 Å². The van der Waals surface area contributed by atoms with E-state index in [1.165, 1.54) is 28.4 Å². The molecule has 0 aliphatic rings. The van der Waals surface area contributed by atoms with E-state index in [0.717, 1.165) is 10.2 Å². The first-order valence-corrected chi connectivity index (χ1v) is 7.46. The van der Waals surface area contributed by atoms with Gasteiger partial charge in [-0.2, -0.15) is 0 Å². The lowest BCUT2D eigenvalue weighted by Gasteiger charge is -2.14. The van der Waals surface area contributed by atoms with Gasteiger partial charge >= 0.3 is 0 Å². The molecule has 0 spiro atoms. The lowest BCUT2D eigenvalue weighted by molar-refractivity contribution is -0.120. The molecule has 0 aliphatic heterocycles. The fourth-order valence-corrected chi connectivity index (χ4v) is 2.85. The first-order valence-electron chi connectivity index (χ1n) is 6.64. The van der Waals surface area contributed by atoms with Crippen LogP contribution in [0.3, 0.4) is 0 Å². The third-order valence-corrected chi connectivity index (χ3v) is 4.24. The van der Waals surface area contributed by atoms with Gasteiger partial charge in [0.25, 0.3) is 5.91 Å². The van der Waals surface area contributed by atoms with Crippen LogP contribution in [0.15, 0.2) is 48.5 Å². The molecule has 4 nitrogen and oxygen atoms in total. The molecule has 0 saturated carbocycles. The molecule has 6 heteroatoms. The molecule has 0 fully saturated rings. The van der Waals surface area contributed by atoms with Crippen molar-refractivity contribution in [1.82, 2.24) is 4.98 Å². The molecule has 0 radical (unpaired) electrons. The number of benzene rings is 2. The van der Waals surface area contributed by atoms with Gasteiger partial charge in [-0.1, -0.05) is 35.6 Å². The molecule has 112 valence electrons. The molecule has 0 atom stereocenters. The summed E-state index contributed by atoms with van der Waals surface area (Å²) in [5.41, 5.74) is 0.845. The van der Waals surface area contributed by atoms with Gasteiger partial charge in [-0.05, 0) is 24.3 Å². The number of anilines is 1. The molecule has 3 aromatic rings. The normalized spacial score (nSPS) is 10.6. The maximum absolute atomic E-state index is 13.4. The summed E-state index contributed by atoms with van der Waals surface area (Å²) in [5.74, 6) is -0.714. The maximum atomic E-state index is 13.4. The van der Waals surface area contributed by atoms with Crippen molar-refractivity contribution in [2.45, 2.75) is 0 Å². The minimum absolute atomic E-state index is 0.0635. The molecule has 0 unspecified atom stereocenters. The number of para-hydroxylation sites is 2. The number of fused-ring (bicyclic) bond motifs is 1. The second-order valence-electron chi connectivity index (χ2n) is 4.64. The van der Waals surface area contributed by atoms with E-state index in [9.17, 15) is 9.18 Å². The molecule has 0 saturated heterocycles. The molecule has 0 N–H and O–H groups in total. The Balaban J connectivity index is 1.70. The van der Waals surface area contributed by atoms with Crippen molar-refractivity contribution in [2.75, 3.05) is 18.6 Å². The van der Waals surface area contributed by atoms with Crippen molar-refractivity contribution in [2.24, 2.45) is 0 Å². The van der Waals surface area contributed by atoms with Gasteiger partial charge in [0.2, 0.25) is 0 Å². The minimum Gasteiger partial charge on any atom is -0.481 e. The van der Waals surface area contributed by atoms with E-state index in [0.29, 0.717) is 5.13 Å². The number of ether oxygens (including phenoxy) is 1. The first kappa shape index (κ1) is 14.5. The van der Waals surface area contributed by atoms with Gasteiger partial charge in [0.1, 0.15) is 0 Å². The van der Waals surface area contributed by atoms with Crippen LogP contribution >= 0.6 is 11.3 Å². The summed E-state index contributed by atoms with van der Waals surface area (Å²) in [6.07, 6.45) is 0. The number of hydrogen-bond acceptors (Lipinski definition) is 4. The van der Waals surface area contributed by atoms with Crippen molar-refractivity contribution in [3.05, 3.63) is 54.3 Å². The Morgan fingerprint density at radius 1 is 1.23 bits per heavy atom. The van der Waals surface area contributed by atoms with Crippen molar-refractivity contribution < 1.29 is 13.9 Å². The van der Waals surface area contributed by atoms with Gasteiger partial charge in [0.05, 0.1) is 10.2 Å². The highest BCUT2D eigenvalue weighted by Gasteiger charge is 2.16. The Bertz CT molecular complexity index is 786. The summed E-state index contributed by atoms with van der Waals surface area (Å²) in [5, 5.41) is 0.586. The van der Waals surface area contributed by atoms with Crippen molar-refractivity contribution in [1.29, 1.82) is 0 Å². The fourth-order valence-electron chi connectivity index (χ4n) is 1.91. The van der Waals surface area contributed by atoms with Gasteiger partial charge in [-0.3, -0.25) is 9.69 Å². The number of likely N-dealkylation sites (N-methyl/N-ethyl adjacent to an activating group) is 1. The molecule has 1 aromatic heterocycles. The summed E-state index contributed by atoms with van der Waals surface area (Å²) in [7, 11) is 1.63. The van der Waals surface area contributed by atoms with Crippen molar-refractivity contribution >= 4 is 32.6 Å². The Hall–Kier alpha value is -2.47. The number of rotatable bonds is 4. The summed E-state index contributed by atoms with van der Waals surface area (Å²) in [6.45, 7) is -0.243. The fraction of sp³-hybridized carbons (Fsp3) is 0.125. The predicted molar refractivity (Wildman–Crippen MR) is 84.9 cm³/mol. The zero-order valence-corrected chi connectivity index (χ0v) is 12.6. The van der Waals surface area contributed by atoms with Crippen molar-refractivity contribution in [3.63, 3.8) is 0 Å². The van der Waals surface area contributed by atoms with Crippen LogP contribution in [-0.4, -0.2) is 24.5 Å². The number of hydrogen-bond donors (Lipinski definition) is 0. The van der Waals surface area contributed by atoms with Crippen LogP contribution in [0.4, 0.5) is 9.52 Å². The van der Waals surface area contributed by atoms with Crippen LogP contribution in [0.1, 0.15) is 0 Å². The zero-order chi connectivity index (χ0) is 15.5. The predicted octanol–water partition coefficient (Wildman–Crippen LogP) is 3.48. The number of nitrogens with zero attached hydrogens (tertiary/aromatic N) is 2. The monoisotopic (exact) mass is 316 g/mol. The van der Waals surface area contributed by atoms with Gasteiger partial charge < -0.3 is 4.74 Å². The largest absolute Gasteiger partial charge is 0.481 e. The number of aromatic nitrogens is 1. The quantitative estimate of drug-likeness (QED) is 0.740. The topological polar surface area (TPSA) is 42.4 Å². The average Bonchev–Trinajstić information content (AvgIpc) is 2.97. The number of halogens is 1. The van der Waals surface area contributed by atoms with Crippen LogP contribution in [-0.2, 0) is 4.79 Å². The van der Waals surface area contributed by atoms with E-state index in [1.807, 2.05) is 24.3 Å². The van der Waals surface area contributed by atoms with Crippen molar-refractivity contribution in [3.8, 4) is 5.75 Å². The van der Waals surface area contributed by atoms with Crippen LogP contribution < -0.4 is 9.64 Å². The molecule has 22 heavy (non-hydrogen) atoms. The highest BCUT2D eigenvalue weighted by atomic mass is 32.1. The molecule has 1 heterocycles. The third kappa shape index (κ3) is 2.92. The third-order valence-electron chi connectivity index (χ3n) is 3.13. The molecule has 0 bridgehead atoms. The average molecular weight is 316 g/mol. The molecular weight excluding hydrogens is 303 g/mol. The SMILES string of the molecule is CN(C(=O)COc1ccccc1F)c1nc2ccccc2s1. The Kier molecular flexibility index (Phi) is 4.02. The zero-order valence-electron chi connectivity index (χ0n) is 11.8. The van der Waals surface area contributed by atoms with Crippen LogP contribution in [0.5, 0.6) is 5.75 Å². The van der Waals surface area contributed by atoms with Crippen LogP contribution in [0, 0.1) is 5.82 Å². The van der Waals surface area contributed by atoms with E-state index in [1.54, 1.807) is 19.2 Å². The summed E-state index contributed by atoms with van der Waals surface area (Å²) in [4.78, 5) is 18.0. The van der Waals surface area contributed by atoms with Gasteiger partial charge in [0, 0.05) is 7.05 Å². The second-order valence-corrected chi connectivity index (χ2v) is 5.65. The second kappa shape index (κ2) is 6.11. The smallest absolute Gasteiger partial charge is 0.266 e. The molecule has 1 amide bonds. The number of thiazole rings is 1. The van der Waals surface area contributed by atoms with E-state index >= 15 is 0 Å². The van der Waals surface area contributed by atoms with Gasteiger partial charge in [-0.25, -0.2) is 9.37 Å². The van der Waals surface area contributed by atoms with Crippen LogP contribution in [0.2, 0.25) is 0 Å². The molecule has 3 rings (SSSR count). The highest BCUT2D eigenvalue weighted by Crippen LogP contribution is 2.27. The summed E-state index contributed by atoms with van der Waals surface area (Å²) in [6, 6.07) is 13.7. The Labute approximate surface area is 130 Å². The number of amides is 1. The first-order chi connectivity index (χ1) is 10.6. The lowest BCUT2D eigenvalue weighted by Crippen LogP contribution is -2.31. The molecule has 2 aromatic carbocycles. The molecule has 0 aliphatic carbocycles.